The number of nitrogens with zero attached hydrogens (tertiary/aromatic N) is 1. The van der Waals surface area contributed by atoms with Crippen molar-refractivity contribution < 1.29 is 23.8 Å². The van der Waals surface area contributed by atoms with Gasteiger partial charge in [-0.25, -0.2) is 4.98 Å². The van der Waals surface area contributed by atoms with Crippen molar-refractivity contribution in [3.8, 4) is 11.5 Å². The predicted octanol–water partition coefficient (Wildman–Crippen LogP) is 2.29. The molecule has 3 saturated heterocycles. The van der Waals surface area contributed by atoms with Crippen LogP contribution < -0.4 is 5.32 Å². The maximum atomic E-state index is 13.5. The monoisotopic (exact) mass is 392 g/mol. The summed E-state index contributed by atoms with van der Waals surface area (Å²) in [6.07, 6.45) is 2.78. The predicted molar refractivity (Wildman–Crippen MR) is 103 cm³/mol. The maximum Gasteiger partial charge on any atom is 0.252 e. The third kappa shape index (κ3) is 2.23. The molecule has 4 fully saturated rings. The second kappa shape index (κ2) is 5.66. The van der Waals surface area contributed by atoms with E-state index in [0.717, 1.165) is 10.9 Å². The molecule has 0 radical (unpaired) electrons. The minimum absolute atomic E-state index is 0.0484. The lowest BCUT2D eigenvalue weighted by Gasteiger charge is -2.51. The van der Waals surface area contributed by atoms with E-state index in [1.54, 1.807) is 18.4 Å². The summed E-state index contributed by atoms with van der Waals surface area (Å²) in [4.78, 5) is 18.1. The number of rotatable bonds is 4. The summed E-state index contributed by atoms with van der Waals surface area (Å²) in [6.45, 7) is 0.820. The SMILES string of the molecule is O=C(NC12CC(CO)(C1)OC21COC1)c1cc(-c2ccco2)nc2ccccc12. The van der Waals surface area contributed by atoms with Crippen LogP contribution in [0.3, 0.4) is 0 Å². The molecule has 3 aromatic rings. The average molecular weight is 392 g/mol. The van der Waals surface area contributed by atoms with Gasteiger partial charge in [0.25, 0.3) is 5.91 Å². The zero-order valence-electron chi connectivity index (χ0n) is 15.7. The fraction of sp³-hybridized carbons (Fsp3) is 0.364. The quantitative estimate of drug-likeness (QED) is 0.708. The number of nitrogens with one attached hydrogen (secondary N) is 1. The van der Waals surface area contributed by atoms with Gasteiger partial charge in [0.15, 0.2) is 5.76 Å². The summed E-state index contributed by atoms with van der Waals surface area (Å²) in [6, 6.07) is 13.0. The highest BCUT2D eigenvalue weighted by Crippen LogP contribution is 2.62. The van der Waals surface area contributed by atoms with E-state index in [-0.39, 0.29) is 12.5 Å². The van der Waals surface area contributed by atoms with Crippen molar-refractivity contribution in [3.05, 3.63) is 54.3 Å². The van der Waals surface area contributed by atoms with Crippen molar-refractivity contribution >= 4 is 16.8 Å². The number of amides is 1. The number of carbonyl (C=O) groups excluding carboxylic acids is 1. The van der Waals surface area contributed by atoms with Gasteiger partial charge in [0.1, 0.15) is 11.3 Å². The van der Waals surface area contributed by atoms with Crippen molar-refractivity contribution in [1.29, 1.82) is 0 Å². The first-order chi connectivity index (χ1) is 14.1. The van der Waals surface area contributed by atoms with Gasteiger partial charge < -0.3 is 24.3 Å². The maximum absolute atomic E-state index is 13.5. The molecule has 4 aliphatic rings. The van der Waals surface area contributed by atoms with Crippen LogP contribution in [0.1, 0.15) is 23.2 Å². The molecule has 29 heavy (non-hydrogen) atoms. The van der Waals surface area contributed by atoms with Crippen LogP contribution in [-0.4, -0.2) is 52.6 Å². The highest BCUT2D eigenvalue weighted by atomic mass is 16.6. The summed E-state index contributed by atoms with van der Waals surface area (Å²) < 4.78 is 17.1. The first-order valence-electron chi connectivity index (χ1n) is 9.73. The zero-order valence-corrected chi connectivity index (χ0v) is 15.7. The number of ether oxygens (including phenoxy) is 2. The molecule has 0 unspecified atom stereocenters. The molecule has 5 heterocycles. The van der Waals surface area contributed by atoms with Crippen molar-refractivity contribution in [3.63, 3.8) is 0 Å². The molecule has 2 bridgehead atoms. The Hall–Kier alpha value is -2.74. The number of fused-ring (bicyclic) bond motifs is 1. The van der Waals surface area contributed by atoms with E-state index in [4.69, 9.17) is 13.9 Å². The van der Waals surface area contributed by atoms with E-state index in [1.165, 1.54) is 0 Å². The molecule has 7 rings (SSSR count). The summed E-state index contributed by atoms with van der Waals surface area (Å²) in [5.74, 6) is 0.429. The molecule has 0 atom stereocenters. The number of hydrogen-bond acceptors (Lipinski definition) is 6. The number of aliphatic hydroxyl groups is 1. The molecule has 1 saturated carbocycles. The van der Waals surface area contributed by atoms with Crippen LogP contribution in [0, 0.1) is 0 Å². The highest BCUT2D eigenvalue weighted by molar-refractivity contribution is 6.07. The largest absolute Gasteiger partial charge is 0.463 e. The number of benzene rings is 1. The van der Waals surface area contributed by atoms with E-state index >= 15 is 0 Å². The fourth-order valence-corrected chi connectivity index (χ4v) is 5.12. The van der Waals surface area contributed by atoms with Crippen molar-refractivity contribution in [2.24, 2.45) is 0 Å². The summed E-state index contributed by atoms with van der Waals surface area (Å²) in [7, 11) is 0. The first-order valence-corrected chi connectivity index (χ1v) is 9.73. The Morgan fingerprint density at radius 2 is 2.00 bits per heavy atom. The van der Waals surface area contributed by atoms with Gasteiger partial charge in [-0.05, 0) is 24.3 Å². The van der Waals surface area contributed by atoms with Crippen LogP contribution in [0.25, 0.3) is 22.4 Å². The van der Waals surface area contributed by atoms with E-state index in [0.29, 0.717) is 43.1 Å². The van der Waals surface area contributed by atoms with Crippen LogP contribution in [0.2, 0.25) is 0 Å². The molecule has 7 nitrogen and oxygen atoms in total. The van der Waals surface area contributed by atoms with Gasteiger partial charge in [-0.1, -0.05) is 18.2 Å². The molecule has 2 N–H and O–H groups in total. The molecular formula is C22H20N2O5. The number of aliphatic hydroxyl groups excluding tert-OH is 1. The Bertz CT molecular complexity index is 1110. The van der Waals surface area contributed by atoms with E-state index in [2.05, 4.69) is 10.3 Å². The Labute approximate surface area is 166 Å². The Balaban J connectivity index is 1.40. The smallest absolute Gasteiger partial charge is 0.252 e. The Morgan fingerprint density at radius 1 is 1.17 bits per heavy atom. The normalized spacial score (nSPS) is 28.9. The summed E-state index contributed by atoms with van der Waals surface area (Å²) >= 11 is 0. The lowest BCUT2D eigenvalue weighted by Crippen LogP contribution is -2.72. The molecule has 1 spiro atoms. The lowest BCUT2D eigenvalue weighted by atomic mass is 9.61. The van der Waals surface area contributed by atoms with Crippen molar-refractivity contribution in [1.82, 2.24) is 10.3 Å². The van der Waals surface area contributed by atoms with Crippen LogP contribution >= 0.6 is 0 Å². The summed E-state index contributed by atoms with van der Waals surface area (Å²) in [5.41, 5.74) is 0.264. The summed E-state index contributed by atoms with van der Waals surface area (Å²) in [5, 5.41) is 13.8. The number of para-hydroxylation sites is 1. The number of aromatic nitrogens is 1. The van der Waals surface area contributed by atoms with Gasteiger partial charge in [0.2, 0.25) is 0 Å². The number of pyridine rings is 1. The molecule has 1 amide bonds. The topological polar surface area (TPSA) is 93.8 Å². The molecule has 7 heteroatoms. The van der Waals surface area contributed by atoms with Crippen LogP contribution in [0.15, 0.2) is 53.1 Å². The molecular weight excluding hydrogens is 372 g/mol. The molecule has 1 aromatic carbocycles. The van der Waals surface area contributed by atoms with Gasteiger partial charge in [0, 0.05) is 18.2 Å². The molecule has 3 aliphatic heterocycles. The second-order valence-corrected chi connectivity index (χ2v) is 8.37. The Morgan fingerprint density at radius 3 is 2.69 bits per heavy atom. The van der Waals surface area contributed by atoms with Crippen LogP contribution in [0.4, 0.5) is 0 Å². The Kier molecular flexibility index (Phi) is 3.35. The van der Waals surface area contributed by atoms with E-state index in [9.17, 15) is 9.90 Å². The van der Waals surface area contributed by atoms with Crippen LogP contribution in [-0.2, 0) is 9.47 Å². The fourth-order valence-electron chi connectivity index (χ4n) is 5.12. The number of furan rings is 1. The van der Waals surface area contributed by atoms with Gasteiger partial charge >= 0.3 is 0 Å². The molecule has 2 aromatic heterocycles. The minimum Gasteiger partial charge on any atom is -0.463 e. The van der Waals surface area contributed by atoms with E-state index in [1.807, 2.05) is 30.3 Å². The third-order valence-electron chi connectivity index (χ3n) is 6.58. The number of hydrogen-bond donors (Lipinski definition) is 2. The van der Waals surface area contributed by atoms with Crippen LogP contribution in [0.5, 0.6) is 0 Å². The average Bonchev–Trinajstić information content (AvgIpc) is 3.37. The highest BCUT2D eigenvalue weighted by Gasteiger charge is 2.77. The standard InChI is InChI=1S/C22H20N2O5/c25-11-20-9-21(10-20,22(29-20)12-27-13-22)24-19(26)15-8-17(18-6-3-7-28-18)23-16-5-2-1-4-14(15)16/h1-8,25H,9-13H2,(H,24,26). The van der Waals surface area contributed by atoms with Gasteiger partial charge in [-0.3, -0.25) is 4.79 Å². The zero-order chi connectivity index (χ0) is 19.7. The van der Waals surface area contributed by atoms with Gasteiger partial charge in [0.05, 0.1) is 48.3 Å². The number of carbonyl (C=O) groups is 1. The minimum atomic E-state index is -0.559. The second-order valence-electron chi connectivity index (χ2n) is 8.37. The van der Waals surface area contributed by atoms with Crippen molar-refractivity contribution in [2.45, 2.75) is 29.6 Å². The van der Waals surface area contributed by atoms with Crippen molar-refractivity contribution in [2.75, 3.05) is 19.8 Å². The molecule has 1 aliphatic carbocycles. The first kappa shape index (κ1) is 17.1. The molecule has 148 valence electrons. The van der Waals surface area contributed by atoms with Gasteiger partial charge in [-0.2, -0.15) is 0 Å². The van der Waals surface area contributed by atoms with E-state index < -0.39 is 16.7 Å². The lowest BCUT2D eigenvalue weighted by molar-refractivity contribution is -0.211. The third-order valence-corrected chi connectivity index (χ3v) is 6.58. The van der Waals surface area contributed by atoms with Gasteiger partial charge in [-0.15, -0.1) is 0 Å².